The van der Waals surface area contributed by atoms with E-state index in [9.17, 15) is 18.7 Å². The molecular weight excluding hydrogens is 196 g/mol. The van der Waals surface area contributed by atoms with Crippen LogP contribution in [0.25, 0.3) is 0 Å². The SMILES string of the molecule is CCOC(=O)C1CNCC(F)(F)C1O. The van der Waals surface area contributed by atoms with Gasteiger partial charge in [0.2, 0.25) is 0 Å². The topological polar surface area (TPSA) is 58.6 Å². The molecule has 1 rings (SSSR count). The first-order chi connectivity index (χ1) is 6.49. The van der Waals surface area contributed by atoms with Gasteiger partial charge in [-0.05, 0) is 6.92 Å². The molecular formula is C8H13F2NO3. The second kappa shape index (κ2) is 4.18. The predicted octanol–water partition coefficient (Wildman–Crippen LogP) is -0.235. The molecule has 0 spiro atoms. The zero-order valence-electron chi connectivity index (χ0n) is 7.80. The molecule has 1 aliphatic heterocycles. The van der Waals surface area contributed by atoms with E-state index in [2.05, 4.69) is 10.1 Å². The van der Waals surface area contributed by atoms with Gasteiger partial charge in [0.15, 0.2) is 0 Å². The number of nitrogens with one attached hydrogen (secondary N) is 1. The van der Waals surface area contributed by atoms with Gasteiger partial charge in [0, 0.05) is 6.54 Å². The lowest BCUT2D eigenvalue weighted by molar-refractivity contribution is -0.176. The fraction of sp³-hybridized carbons (Fsp3) is 0.875. The Morgan fingerprint density at radius 2 is 2.36 bits per heavy atom. The first-order valence-electron chi connectivity index (χ1n) is 4.42. The lowest BCUT2D eigenvalue weighted by Crippen LogP contribution is -2.57. The zero-order chi connectivity index (χ0) is 10.8. The van der Waals surface area contributed by atoms with Gasteiger partial charge in [-0.15, -0.1) is 0 Å². The number of piperidine rings is 1. The molecule has 0 saturated carbocycles. The van der Waals surface area contributed by atoms with Gasteiger partial charge in [-0.25, -0.2) is 8.78 Å². The fourth-order valence-corrected chi connectivity index (χ4v) is 1.37. The van der Waals surface area contributed by atoms with Crippen molar-refractivity contribution in [1.82, 2.24) is 5.32 Å². The summed E-state index contributed by atoms with van der Waals surface area (Å²) in [6.07, 6.45) is -1.96. The van der Waals surface area contributed by atoms with Crippen molar-refractivity contribution in [3.63, 3.8) is 0 Å². The van der Waals surface area contributed by atoms with Gasteiger partial charge in [0.25, 0.3) is 5.92 Å². The first kappa shape index (κ1) is 11.3. The van der Waals surface area contributed by atoms with Crippen LogP contribution in [0.3, 0.4) is 0 Å². The Morgan fingerprint density at radius 1 is 1.71 bits per heavy atom. The van der Waals surface area contributed by atoms with E-state index in [4.69, 9.17) is 0 Å². The highest BCUT2D eigenvalue weighted by molar-refractivity contribution is 5.73. The molecule has 2 atom stereocenters. The van der Waals surface area contributed by atoms with Crippen molar-refractivity contribution >= 4 is 5.97 Å². The van der Waals surface area contributed by atoms with Crippen molar-refractivity contribution < 1.29 is 23.4 Å². The number of rotatable bonds is 2. The highest BCUT2D eigenvalue weighted by Gasteiger charge is 2.49. The molecule has 0 aromatic carbocycles. The molecule has 2 N–H and O–H groups in total. The minimum atomic E-state index is -3.27. The van der Waals surface area contributed by atoms with E-state index in [1.807, 2.05) is 0 Å². The number of carbonyl (C=O) groups is 1. The van der Waals surface area contributed by atoms with Crippen molar-refractivity contribution in [3.05, 3.63) is 0 Å². The third-order valence-corrected chi connectivity index (χ3v) is 2.13. The predicted molar refractivity (Wildman–Crippen MR) is 43.9 cm³/mol. The van der Waals surface area contributed by atoms with Gasteiger partial charge in [-0.3, -0.25) is 4.79 Å². The summed E-state index contributed by atoms with van der Waals surface area (Å²) in [5.41, 5.74) is 0. The highest BCUT2D eigenvalue weighted by Crippen LogP contribution is 2.27. The summed E-state index contributed by atoms with van der Waals surface area (Å²) in [4.78, 5) is 11.1. The van der Waals surface area contributed by atoms with Gasteiger partial charge in [0.1, 0.15) is 12.0 Å². The van der Waals surface area contributed by atoms with Crippen LogP contribution in [0.1, 0.15) is 6.92 Å². The fourth-order valence-electron chi connectivity index (χ4n) is 1.37. The van der Waals surface area contributed by atoms with Gasteiger partial charge in [-0.1, -0.05) is 0 Å². The molecule has 0 amide bonds. The molecule has 0 aromatic heterocycles. The van der Waals surface area contributed by atoms with E-state index in [0.717, 1.165) is 0 Å². The summed E-state index contributed by atoms with van der Waals surface area (Å²) >= 11 is 0. The normalized spacial score (nSPS) is 31.1. The van der Waals surface area contributed by atoms with Crippen molar-refractivity contribution in [2.45, 2.75) is 19.0 Å². The summed E-state index contributed by atoms with van der Waals surface area (Å²) in [7, 11) is 0. The molecule has 82 valence electrons. The lowest BCUT2D eigenvalue weighted by Gasteiger charge is -2.33. The molecule has 1 saturated heterocycles. The summed E-state index contributed by atoms with van der Waals surface area (Å²) in [5.74, 6) is -5.24. The van der Waals surface area contributed by atoms with Gasteiger partial charge in [-0.2, -0.15) is 0 Å². The van der Waals surface area contributed by atoms with Crippen LogP contribution < -0.4 is 5.32 Å². The van der Waals surface area contributed by atoms with E-state index in [1.165, 1.54) is 0 Å². The molecule has 6 heteroatoms. The maximum absolute atomic E-state index is 12.9. The highest BCUT2D eigenvalue weighted by atomic mass is 19.3. The molecule has 0 bridgehead atoms. The van der Waals surface area contributed by atoms with Gasteiger partial charge < -0.3 is 15.2 Å². The maximum Gasteiger partial charge on any atom is 0.313 e. The second-order valence-electron chi connectivity index (χ2n) is 3.20. The van der Waals surface area contributed by atoms with E-state index < -0.39 is 30.5 Å². The van der Waals surface area contributed by atoms with E-state index in [0.29, 0.717) is 0 Å². The standard InChI is InChI=1S/C8H13F2NO3/c1-2-14-7(13)5-3-11-4-8(9,10)6(5)12/h5-6,11-12H,2-4H2,1H3. The molecule has 2 unspecified atom stereocenters. The summed E-state index contributed by atoms with van der Waals surface area (Å²) in [6, 6.07) is 0. The molecule has 4 nitrogen and oxygen atoms in total. The Bertz CT molecular complexity index is 223. The molecule has 1 fully saturated rings. The minimum absolute atomic E-state index is 0.0234. The first-order valence-corrected chi connectivity index (χ1v) is 4.42. The smallest absolute Gasteiger partial charge is 0.313 e. The average Bonchev–Trinajstić information content (AvgIpc) is 2.10. The number of hydrogen-bond donors (Lipinski definition) is 2. The van der Waals surface area contributed by atoms with Crippen LogP contribution in [0.2, 0.25) is 0 Å². The van der Waals surface area contributed by atoms with E-state index in [1.54, 1.807) is 6.92 Å². The van der Waals surface area contributed by atoms with Crippen molar-refractivity contribution in [1.29, 1.82) is 0 Å². The van der Waals surface area contributed by atoms with Crippen molar-refractivity contribution in [2.24, 2.45) is 5.92 Å². The van der Waals surface area contributed by atoms with Gasteiger partial charge in [0.05, 0.1) is 13.2 Å². The summed E-state index contributed by atoms with van der Waals surface area (Å²) in [5, 5.41) is 11.6. The van der Waals surface area contributed by atoms with Crippen LogP contribution in [0, 0.1) is 5.92 Å². The average molecular weight is 209 g/mol. The Hall–Kier alpha value is -0.750. The lowest BCUT2D eigenvalue weighted by atomic mass is 9.93. The number of esters is 1. The van der Waals surface area contributed by atoms with Crippen molar-refractivity contribution in [3.8, 4) is 0 Å². The van der Waals surface area contributed by atoms with E-state index in [-0.39, 0.29) is 13.2 Å². The number of hydrogen-bond acceptors (Lipinski definition) is 4. The third-order valence-electron chi connectivity index (χ3n) is 2.13. The van der Waals surface area contributed by atoms with Crippen LogP contribution in [0.5, 0.6) is 0 Å². The Morgan fingerprint density at radius 3 is 2.93 bits per heavy atom. The quantitative estimate of drug-likeness (QED) is 0.616. The minimum Gasteiger partial charge on any atom is -0.466 e. The molecule has 0 aliphatic carbocycles. The molecule has 1 heterocycles. The van der Waals surface area contributed by atoms with Crippen LogP contribution in [0.4, 0.5) is 8.78 Å². The number of halogens is 2. The summed E-state index contributed by atoms with van der Waals surface area (Å²) in [6.45, 7) is 1.12. The zero-order valence-corrected chi connectivity index (χ0v) is 7.80. The second-order valence-corrected chi connectivity index (χ2v) is 3.20. The van der Waals surface area contributed by atoms with Crippen molar-refractivity contribution in [2.75, 3.05) is 19.7 Å². The Labute approximate surface area is 80.2 Å². The number of ether oxygens (including phenoxy) is 1. The molecule has 1 aliphatic rings. The van der Waals surface area contributed by atoms with Crippen LogP contribution in [-0.2, 0) is 9.53 Å². The van der Waals surface area contributed by atoms with Crippen LogP contribution in [0.15, 0.2) is 0 Å². The number of carbonyl (C=O) groups excluding carboxylic acids is 1. The summed E-state index contributed by atoms with van der Waals surface area (Å²) < 4.78 is 30.4. The third kappa shape index (κ3) is 2.19. The van der Waals surface area contributed by atoms with Gasteiger partial charge >= 0.3 is 5.97 Å². The Kier molecular flexibility index (Phi) is 3.38. The van der Waals surface area contributed by atoms with Crippen LogP contribution >= 0.6 is 0 Å². The molecule has 14 heavy (non-hydrogen) atoms. The number of aliphatic hydroxyl groups is 1. The number of aliphatic hydroxyl groups excluding tert-OH is 1. The van der Waals surface area contributed by atoms with E-state index >= 15 is 0 Å². The Balaban J connectivity index is 2.65. The van der Waals surface area contributed by atoms with Crippen LogP contribution in [-0.4, -0.2) is 42.8 Å². The molecule has 0 aromatic rings. The number of alkyl halides is 2. The monoisotopic (exact) mass is 209 g/mol. The largest absolute Gasteiger partial charge is 0.466 e. The maximum atomic E-state index is 12.9. The molecule has 0 radical (unpaired) electrons.